The minimum Gasteiger partial charge on any atom is -0.396 e. The molecular formula is C13H10ClFN2O. The van der Waals surface area contributed by atoms with Crippen LogP contribution < -0.4 is 11.1 Å². The molecule has 2 aromatic rings. The van der Waals surface area contributed by atoms with E-state index in [0.717, 1.165) is 6.07 Å². The van der Waals surface area contributed by atoms with Crippen LogP contribution in [0.5, 0.6) is 0 Å². The molecule has 0 aliphatic rings. The molecule has 3 N–H and O–H groups in total. The van der Waals surface area contributed by atoms with E-state index in [2.05, 4.69) is 5.32 Å². The SMILES string of the molecule is Nc1ccc(NC(=O)c2cccc(Cl)c2)cc1F. The van der Waals surface area contributed by atoms with Crippen LogP contribution in [0.2, 0.25) is 5.02 Å². The predicted octanol–water partition coefficient (Wildman–Crippen LogP) is 3.31. The van der Waals surface area contributed by atoms with E-state index in [1.54, 1.807) is 18.2 Å². The zero-order chi connectivity index (χ0) is 13.1. The number of halogens is 2. The molecule has 0 saturated carbocycles. The molecule has 2 rings (SSSR count). The smallest absolute Gasteiger partial charge is 0.255 e. The van der Waals surface area contributed by atoms with Gasteiger partial charge in [-0.1, -0.05) is 17.7 Å². The van der Waals surface area contributed by atoms with Gasteiger partial charge in [-0.25, -0.2) is 4.39 Å². The summed E-state index contributed by atoms with van der Waals surface area (Å²) in [6.07, 6.45) is 0. The van der Waals surface area contributed by atoms with Crippen molar-refractivity contribution in [1.82, 2.24) is 0 Å². The molecule has 0 bridgehead atoms. The van der Waals surface area contributed by atoms with Crippen LogP contribution in [0.1, 0.15) is 10.4 Å². The average molecular weight is 265 g/mol. The van der Waals surface area contributed by atoms with E-state index in [1.165, 1.54) is 18.2 Å². The number of carbonyl (C=O) groups is 1. The predicted molar refractivity (Wildman–Crippen MR) is 70.2 cm³/mol. The molecule has 0 heterocycles. The van der Waals surface area contributed by atoms with Crippen molar-refractivity contribution in [1.29, 1.82) is 0 Å². The van der Waals surface area contributed by atoms with Gasteiger partial charge < -0.3 is 11.1 Å². The molecule has 0 fully saturated rings. The molecule has 1 amide bonds. The Balaban J connectivity index is 2.18. The largest absolute Gasteiger partial charge is 0.396 e. The molecule has 92 valence electrons. The summed E-state index contributed by atoms with van der Waals surface area (Å²) in [5.74, 6) is -0.930. The summed E-state index contributed by atoms with van der Waals surface area (Å²) >= 11 is 5.78. The first-order valence-corrected chi connectivity index (χ1v) is 5.56. The number of anilines is 2. The maximum atomic E-state index is 13.2. The maximum Gasteiger partial charge on any atom is 0.255 e. The lowest BCUT2D eigenvalue weighted by Crippen LogP contribution is -2.12. The number of hydrogen-bond donors (Lipinski definition) is 2. The second kappa shape index (κ2) is 5.06. The maximum absolute atomic E-state index is 13.2. The highest BCUT2D eigenvalue weighted by molar-refractivity contribution is 6.31. The molecule has 5 heteroatoms. The molecule has 3 nitrogen and oxygen atoms in total. The van der Waals surface area contributed by atoms with Crippen LogP contribution in [-0.4, -0.2) is 5.91 Å². The molecule has 0 spiro atoms. The van der Waals surface area contributed by atoms with Gasteiger partial charge in [0.15, 0.2) is 0 Å². The van der Waals surface area contributed by atoms with Gasteiger partial charge in [0, 0.05) is 16.3 Å². The number of nitrogen functional groups attached to an aromatic ring is 1. The van der Waals surface area contributed by atoms with Crippen molar-refractivity contribution < 1.29 is 9.18 Å². The Hall–Kier alpha value is -2.07. The fraction of sp³-hybridized carbons (Fsp3) is 0. The van der Waals surface area contributed by atoms with Crippen molar-refractivity contribution in [3.8, 4) is 0 Å². The van der Waals surface area contributed by atoms with E-state index in [4.69, 9.17) is 17.3 Å². The Bertz CT molecular complexity index is 601. The minimum atomic E-state index is -0.570. The van der Waals surface area contributed by atoms with Gasteiger partial charge in [-0.05, 0) is 36.4 Å². The molecule has 0 aliphatic heterocycles. The van der Waals surface area contributed by atoms with Gasteiger partial charge in [-0.2, -0.15) is 0 Å². The van der Waals surface area contributed by atoms with Crippen LogP contribution in [-0.2, 0) is 0 Å². The van der Waals surface area contributed by atoms with E-state index in [9.17, 15) is 9.18 Å². The molecule has 0 saturated heterocycles. The summed E-state index contributed by atoms with van der Waals surface area (Å²) in [6.45, 7) is 0. The number of nitrogens with one attached hydrogen (secondary N) is 1. The normalized spacial score (nSPS) is 10.1. The lowest BCUT2D eigenvalue weighted by atomic mass is 10.2. The van der Waals surface area contributed by atoms with Crippen molar-refractivity contribution in [3.63, 3.8) is 0 Å². The number of amides is 1. The van der Waals surface area contributed by atoms with Crippen LogP contribution in [0.25, 0.3) is 0 Å². The van der Waals surface area contributed by atoms with Crippen LogP contribution in [0.3, 0.4) is 0 Å². The molecule has 2 aromatic carbocycles. The second-order valence-corrected chi connectivity index (χ2v) is 4.14. The minimum absolute atomic E-state index is 0.0377. The fourth-order valence-corrected chi connectivity index (χ4v) is 1.63. The Morgan fingerprint density at radius 1 is 1.22 bits per heavy atom. The quantitative estimate of drug-likeness (QED) is 0.818. The lowest BCUT2D eigenvalue weighted by molar-refractivity contribution is 0.102. The zero-order valence-electron chi connectivity index (χ0n) is 9.28. The van der Waals surface area contributed by atoms with E-state index < -0.39 is 5.82 Å². The van der Waals surface area contributed by atoms with Crippen LogP contribution in [0, 0.1) is 5.82 Å². The van der Waals surface area contributed by atoms with Crippen molar-refractivity contribution >= 4 is 28.9 Å². The third-order valence-corrected chi connectivity index (χ3v) is 2.58. The number of hydrogen-bond acceptors (Lipinski definition) is 2. The first-order chi connectivity index (χ1) is 8.56. The first-order valence-electron chi connectivity index (χ1n) is 5.18. The van der Waals surface area contributed by atoms with Crippen molar-refractivity contribution in [3.05, 3.63) is 58.9 Å². The van der Waals surface area contributed by atoms with E-state index >= 15 is 0 Å². The third kappa shape index (κ3) is 2.78. The van der Waals surface area contributed by atoms with Gasteiger partial charge in [0.1, 0.15) is 5.82 Å². The molecular weight excluding hydrogens is 255 g/mol. The topological polar surface area (TPSA) is 55.1 Å². The monoisotopic (exact) mass is 264 g/mol. The zero-order valence-corrected chi connectivity index (χ0v) is 10.0. The molecule has 0 aliphatic carbocycles. The Kier molecular flexibility index (Phi) is 3.48. The summed E-state index contributed by atoms with van der Waals surface area (Å²) in [5, 5.41) is 3.02. The van der Waals surface area contributed by atoms with Crippen LogP contribution in [0.15, 0.2) is 42.5 Å². The summed E-state index contributed by atoms with van der Waals surface area (Å²) in [7, 11) is 0. The third-order valence-electron chi connectivity index (χ3n) is 2.35. The highest BCUT2D eigenvalue weighted by Gasteiger charge is 2.07. The summed E-state index contributed by atoms with van der Waals surface area (Å²) in [5.41, 5.74) is 6.13. The van der Waals surface area contributed by atoms with Crippen molar-refractivity contribution in [2.75, 3.05) is 11.1 Å². The van der Waals surface area contributed by atoms with Crippen LogP contribution in [0.4, 0.5) is 15.8 Å². The lowest BCUT2D eigenvalue weighted by Gasteiger charge is -2.06. The molecule has 0 atom stereocenters. The number of carbonyl (C=O) groups excluding carboxylic acids is 1. The van der Waals surface area contributed by atoms with E-state index in [-0.39, 0.29) is 11.6 Å². The van der Waals surface area contributed by atoms with Gasteiger partial charge >= 0.3 is 0 Å². The van der Waals surface area contributed by atoms with E-state index in [0.29, 0.717) is 16.3 Å². The van der Waals surface area contributed by atoms with E-state index in [1.807, 2.05) is 0 Å². The molecule has 0 unspecified atom stereocenters. The summed E-state index contributed by atoms with van der Waals surface area (Å²) < 4.78 is 13.2. The first kappa shape index (κ1) is 12.4. The highest BCUT2D eigenvalue weighted by Crippen LogP contribution is 2.17. The van der Waals surface area contributed by atoms with Gasteiger partial charge in [-0.3, -0.25) is 4.79 Å². The Labute approximate surface area is 108 Å². The summed E-state index contributed by atoms with van der Waals surface area (Å²) in [4.78, 5) is 11.8. The fourth-order valence-electron chi connectivity index (χ4n) is 1.44. The van der Waals surface area contributed by atoms with Gasteiger partial charge in [0.05, 0.1) is 5.69 Å². The molecule has 0 aromatic heterocycles. The number of nitrogens with two attached hydrogens (primary N) is 1. The van der Waals surface area contributed by atoms with Gasteiger partial charge in [0.2, 0.25) is 0 Å². The molecule has 0 radical (unpaired) electrons. The Morgan fingerprint density at radius 3 is 2.67 bits per heavy atom. The average Bonchev–Trinajstić information content (AvgIpc) is 2.34. The Morgan fingerprint density at radius 2 is 2.00 bits per heavy atom. The number of rotatable bonds is 2. The van der Waals surface area contributed by atoms with Gasteiger partial charge in [-0.15, -0.1) is 0 Å². The van der Waals surface area contributed by atoms with Crippen molar-refractivity contribution in [2.24, 2.45) is 0 Å². The number of benzene rings is 2. The summed E-state index contributed by atoms with van der Waals surface area (Å²) in [6, 6.07) is 10.6. The second-order valence-electron chi connectivity index (χ2n) is 3.70. The van der Waals surface area contributed by atoms with Crippen molar-refractivity contribution in [2.45, 2.75) is 0 Å². The standard InChI is InChI=1S/C13H10ClFN2O/c14-9-3-1-2-8(6-9)13(18)17-10-4-5-12(16)11(15)7-10/h1-7H,16H2,(H,17,18). The van der Waals surface area contributed by atoms with Crippen LogP contribution >= 0.6 is 11.6 Å². The molecule has 18 heavy (non-hydrogen) atoms. The van der Waals surface area contributed by atoms with Gasteiger partial charge in [0.25, 0.3) is 5.91 Å². The highest BCUT2D eigenvalue weighted by atomic mass is 35.5.